The van der Waals surface area contributed by atoms with Crippen molar-refractivity contribution in [2.24, 2.45) is 5.73 Å². The molecule has 0 unspecified atom stereocenters. The van der Waals surface area contributed by atoms with Gasteiger partial charge in [0.2, 0.25) is 0 Å². The highest BCUT2D eigenvalue weighted by molar-refractivity contribution is 5.34. The first-order valence-corrected chi connectivity index (χ1v) is 4.25. The van der Waals surface area contributed by atoms with Crippen LogP contribution in [-0.2, 0) is 0 Å². The second-order valence-electron chi connectivity index (χ2n) is 3.16. The zero-order chi connectivity index (χ0) is 11.5. The zero-order valence-corrected chi connectivity index (χ0v) is 7.75. The van der Waals surface area contributed by atoms with E-state index in [-0.39, 0.29) is 0 Å². The monoisotopic (exact) mass is 214 g/mol. The van der Waals surface area contributed by atoms with Gasteiger partial charge in [0.05, 0.1) is 18.1 Å². The highest BCUT2D eigenvalue weighted by Crippen LogP contribution is 2.27. The van der Waals surface area contributed by atoms with E-state index in [0.29, 0.717) is 11.1 Å². The molecule has 1 aromatic carbocycles. The van der Waals surface area contributed by atoms with Crippen LogP contribution >= 0.6 is 0 Å². The third kappa shape index (κ3) is 3.60. The van der Waals surface area contributed by atoms with Gasteiger partial charge in [0, 0.05) is 6.04 Å². The van der Waals surface area contributed by atoms with Gasteiger partial charge >= 0.3 is 6.18 Å². The average Bonchev–Trinajstić information content (AvgIpc) is 2.15. The van der Waals surface area contributed by atoms with E-state index in [1.54, 1.807) is 0 Å². The molecule has 5 heteroatoms. The second-order valence-corrected chi connectivity index (χ2v) is 3.16. The van der Waals surface area contributed by atoms with E-state index in [2.05, 4.69) is 0 Å². The summed E-state index contributed by atoms with van der Waals surface area (Å²) in [6, 6.07) is 6.63. The van der Waals surface area contributed by atoms with Crippen molar-refractivity contribution in [3.05, 3.63) is 35.4 Å². The Morgan fingerprint density at radius 2 is 2.07 bits per heavy atom. The molecule has 2 N–H and O–H groups in total. The fourth-order valence-corrected chi connectivity index (χ4v) is 1.21. The number of rotatable bonds is 2. The highest BCUT2D eigenvalue weighted by Gasteiger charge is 2.30. The normalized spacial score (nSPS) is 13.3. The fourth-order valence-electron chi connectivity index (χ4n) is 1.21. The van der Waals surface area contributed by atoms with Crippen LogP contribution in [0.1, 0.15) is 23.6 Å². The molecular formula is C10H9F3N2. The number of halogens is 3. The molecular weight excluding hydrogens is 205 g/mol. The molecule has 0 aliphatic heterocycles. The van der Waals surface area contributed by atoms with Crippen molar-refractivity contribution in [3.63, 3.8) is 0 Å². The lowest BCUT2D eigenvalue weighted by Gasteiger charge is -2.14. The molecule has 0 aliphatic carbocycles. The van der Waals surface area contributed by atoms with Crippen LogP contribution < -0.4 is 5.73 Å². The van der Waals surface area contributed by atoms with Crippen molar-refractivity contribution in [2.75, 3.05) is 0 Å². The minimum absolute atomic E-state index is 0.310. The Kier molecular flexibility index (Phi) is 3.32. The summed E-state index contributed by atoms with van der Waals surface area (Å²) in [5.41, 5.74) is 6.01. The van der Waals surface area contributed by atoms with Gasteiger partial charge in [-0.1, -0.05) is 12.1 Å². The Morgan fingerprint density at radius 1 is 1.40 bits per heavy atom. The zero-order valence-electron chi connectivity index (χ0n) is 7.75. The maximum absolute atomic E-state index is 12.0. The Bertz CT molecular complexity index is 379. The van der Waals surface area contributed by atoms with Crippen molar-refractivity contribution < 1.29 is 13.2 Å². The van der Waals surface area contributed by atoms with Gasteiger partial charge in [-0.05, 0) is 17.7 Å². The quantitative estimate of drug-likeness (QED) is 0.822. The molecule has 0 bridgehead atoms. The molecule has 0 saturated carbocycles. The number of nitrogens with two attached hydrogens (primary N) is 1. The molecule has 0 spiro atoms. The van der Waals surface area contributed by atoms with Crippen LogP contribution in [0.2, 0.25) is 0 Å². The van der Waals surface area contributed by atoms with Gasteiger partial charge in [-0.15, -0.1) is 0 Å². The molecule has 0 radical (unpaired) electrons. The summed E-state index contributed by atoms with van der Waals surface area (Å²) < 4.78 is 36.1. The van der Waals surface area contributed by atoms with Gasteiger partial charge in [0.25, 0.3) is 0 Å². The fraction of sp³-hybridized carbons (Fsp3) is 0.300. The lowest BCUT2D eigenvalue weighted by atomic mass is 10.0. The summed E-state index contributed by atoms with van der Waals surface area (Å²) in [6.07, 6.45) is -5.37. The first kappa shape index (κ1) is 11.5. The van der Waals surface area contributed by atoms with E-state index in [9.17, 15) is 13.2 Å². The van der Waals surface area contributed by atoms with Crippen LogP contribution in [-0.4, -0.2) is 6.18 Å². The minimum atomic E-state index is -4.29. The standard InChI is InChI=1S/C10H9F3N2/c11-10(12,13)5-9(15)8-3-1-2-7(4-8)6-14/h1-4,9H,5,15H2/t9-/m0/s1. The van der Waals surface area contributed by atoms with Crippen molar-refractivity contribution >= 4 is 0 Å². The molecule has 1 aromatic rings. The van der Waals surface area contributed by atoms with E-state index in [1.807, 2.05) is 6.07 Å². The van der Waals surface area contributed by atoms with Crippen LogP contribution in [0.15, 0.2) is 24.3 Å². The van der Waals surface area contributed by atoms with E-state index in [4.69, 9.17) is 11.0 Å². The lowest BCUT2D eigenvalue weighted by molar-refractivity contribution is -0.138. The average molecular weight is 214 g/mol. The molecule has 0 amide bonds. The number of hydrogen-bond acceptors (Lipinski definition) is 2. The van der Waals surface area contributed by atoms with Gasteiger partial charge in [0.1, 0.15) is 0 Å². The molecule has 0 aromatic heterocycles. The third-order valence-corrected chi connectivity index (χ3v) is 1.90. The molecule has 1 atom stereocenters. The smallest absolute Gasteiger partial charge is 0.324 e. The van der Waals surface area contributed by atoms with Crippen LogP contribution in [0, 0.1) is 11.3 Å². The lowest BCUT2D eigenvalue weighted by Crippen LogP contribution is -2.20. The van der Waals surface area contributed by atoms with Gasteiger partial charge in [-0.3, -0.25) is 0 Å². The van der Waals surface area contributed by atoms with E-state index < -0.39 is 18.6 Å². The van der Waals surface area contributed by atoms with Crippen molar-refractivity contribution in [1.29, 1.82) is 5.26 Å². The van der Waals surface area contributed by atoms with E-state index >= 15 is 0 Å². The van der Waals surface area contributed by atoms with Crippen LogP contribution in [0.25, 0.3) is 0 Å². The SMILES string of the molecule is N#Cc1cccc([C@@H](N)CC(F)(F)F)c1. The third-order valence-electron chi connectivity index (χ3n) is 1.90. The van der Waals surface area contributed by atoms with Gasteiger partial charge < -0.3 is 5.73 Å². The maximum atomic E-state index is 12.0. The van der Waals surface area contributed by atoms with Gasteiger partial charge in [-0.2, -0.15) is 18.4 Å². The molecule has 2 nitrogen and oxygen atoms in total. The highest BCUT2D eigenvalue weighted by atomic mass is 19.4. The van der Waals surface area contributed by atoms with Crippen LogP contribution in [0.3, 0.4) is 0 Å². The number of benzene rings is 1. The summed E-state index contributed by atoms with van der Waals surface area (Å²) in [5.74, 6) is 0. The molecule has 0 heterocycles. The second kappa shape index (κ2) is 4.32. The predicted octanol–water partition coefficient (Wildman–Crippen LogP) is 2.51. The Balaban J connectivity index is 2.83. The van der Waals surface area contributed by atoms with Crippen molar-refractivity contribution in [3.8, 4) is 6.07 Å². The Morgan fingerprint density at radius 3 is 2.60 bits per heavy atom. The largest absolute Gasteiger partial charge is 0.390 e. The summed E-state index contributed by atoms with van der Waals surface area (Å²) >= 11 is 0. The molecule has 15 heavy (non-hydrogen) atoms. The number of nitrogens with zero attached hydrogens (tertiary/aromatic N) is 1. The topological polar surface area (TPSA) is 49.8 Å². The van der Waals surface area contributed by atoms with Crippen molar-refractivity contribution in [1.82, 2.24) is 0 Å². The van der Waals surface area contributed by atoms with Gasteiger partial charge in [0.15, 0.2) is 0 Å². The Labute approximate surface area is 85.1 Å². The Hall–Kier alpha value is -1.54. The van der Waals surface area contributed by atoms with Gasteiger partial charge in [-0.25, -0.2) is 0 Å². The summed E-state index contributed by atoms with van der Waals surface area (Å²) in [6.45, 7) is 0. The predicted molar refractivity (Wildman–Crippen MR) is 48.8 cm³/mol. The van der Waals surface area contributed by atoms with Crippen LogP contribution in [0.4, 0.5) is 13.2 Å². The molecule has 80 valence electrons. The summed E-state index contributed by atoms with van der Waals surface area (Å²) in [5, 5.41) is 8.56. The first-order chi connectivity index (χ1) is 6.92. The molecule has 0 aliphatic rings. The molecule has 0 saturated heterocycles. The van der Waals surface area contributed by atoms with E-state index in [0.717, 1.165) is 0 Å². The maximum Gasteiger partial charge on any atom is 0.390 e. The van der Waals surface area contributed by atoms with Crippen LogP contribution in [0.5, 0.6) is 0 Å². The summed E-state index contributed by atoms with van der Waals surface area (Å²) in [4.78, 5) is 0. The summed E-state index contributed by atoms with van der Waals surface area (Å²) in [7, 11) is 0. The van der Waals surface area contributed by atoms with E-state index in [1.165, 1.54) is 24.3 Å². The number of nitriles is 1. The van der Waals surface area contributed by atoms with Crippen molar-refractivity contribution in [2.45, 2.75) is 18.6 Å². The minimum Gasteiger partial charge on any atom is -0.324 e. The first-order valence-electron chi connectivity index (χ1n) is 4.25. The molecule has 0 fully saturated rings. The molecule has 1 rings (SSSR count). The number of hydrogen-bond donors (Lipinski definition) is 1. The number of alkyl halides is 3.